The van der Waals surface area contributed by atoms with E-state index < -0.39 is 57.4 Å². The van der Waals surface area contributed by atoms with E-state index in [1.165, 1.54) is 29.2 Å². The monoisotopic (exact) mass is 546 g/mol. The van der Waals surface area contributed by atoms with Crippen LogP contribution in [0, 0.1) is 29.3 Å². The Morgan fingerprint density at radius 1 is 0.692 bits per heavy atom. The second-order valence-corrected chi connectivity index (χ2v) is 9.19. The lowest BCUT2D eigenvalue weighted by atomic mass is 9.89. The van der Waals surface area contributed by atoms with E-state index in [2.05, 4.69) is 0 Å². The fourth-order valence-electron chi connectivity index (χ4n) is 4.67. The van der Waals surface area contributed by atoms with Crippen molar-refractivity contribution in [3.05, 3.63) is 100 Å². The molecule has 1 nitrogen and oxygen atoms in total. The van der Waals surface area contributed by atoms with E-state index in [0.29, 0.717) is 18.1 Å². The predicted octanol–water partition coefficient (Wildman–Crippen LogP) is 8.85. The van der Waals surface area contributed by atoms with Gasteiger partial charge in [-0.15, -0.1) is 0 Å². The van der Waals surface area contributed by atoms with Crippen LogP contribution in [0.1, 0.15) is 35.1 Å². The maximum atomic E-state index is 14.9. The number of aryl methyl sites for hydroxylation is 2. The first kappa shape index (κ1) is 26.5. The van der Waals surface area contributed by atoms with E-state index in [1.807, 2.05) is 18.2 Å². The van der Waals surface area contributed by atoms with Crippen LogP contribution < -0.4 is 4.74 Å². The van der Waals surface area contributed by atoms with Gasteiger partial charge in [-0.05, 0) is 77.6 Å². The van der Waals surface area contributed by atoms with E-state index >= 15 is 0 Å². The molecular weight excluding hydrogens is 528 g/mol. The molecule has 1 aliphatic carbocycles. The van der Waals surface area contributed by atoms with E-state index in [0.717, 1.165) is 55.0 Å². The Hall–Kier alpha value is -4.06. The van der Waals surface area contributed by atoms with E-state index in [4.69, 9.17) is 4.74 Å². The highest BCUT2D eigenvalue weighted by Crippen LogP contribution is 2.37. The van der Waals surface area contributed by atoms with Crippen molar-refractivity contribution in [1.29, 1.82) is 0 Å². The average molecular weight is 546 g/mol. The fraction of sp³-hybridized carbons (Fsp3) is 0.200. The van der Waals surface area contributed by atoms with Crippen LogP contribution in [-0.4, -0.2) is 6.18 Å². The van der Waals surface area contributed by atoms with Crippen LogP contribution in [0.3, 0.4) is 0 Å². The highest BCUT2D eigenvalue weighted by molar-refractivity contribution is 5.87. The summed E-state index contributed by atoms with van der Waals surface area (Å²) in [7, 11) is 0. The quantitative estimate of drug-likeness (QED) is 0.184. The van der Waals surface area contributed by atoms with Gasteiger partial charge in [0.15, 0.2) is 5.82 Å². The first-order valence-corrected chi connectivity index (χ1v) is 11.9. The second kappa shape index (κ2) is 9.92. The summed E-state index contributed by atoms with van der Waals surface area (Å²) >= 11 is 0. The number of alkyl halides is 5. The van der Waals surface area contributed by atoms with Crippen molar-refractivity contribution >= 4 is 10.8 Å². The highest BCUT2D eigenvalue weighted by Gasteiger charge is 2.35. The highest BCUT2D eigenvalue weighted by atomic mass is 19.4. The van der Waals surface area contributed by atoms with Gasteiger partial charge >= 0.3 is 12.3 Å². The predicted molar refractivity (Wildman–Crippen MR) is 130 cm³/mol. The number of benzene rings is 4. The van der Waals surface area contributed by atoms with Crippen LogP contribution >= 0.6 is 0 Å². The molecule has 0 heterocycles. The number of ether oxygens (including phenoxy) is 1. The summed E-state index contributed by atoms with van der Waals surface area (Å²) < 4.78 is 115. The van der Waals surface area contributed by atoms with E-state index in [1.54, 1.807) is 0 Å². The third-order valence-electron chi connectivity index (χ3n) is 6.53. The van der Waals surface area contributed by atoms with Crippen molar-refractivity contribution in [3.63, 3.8) is 0 Å². The Labute approximate surface area is 218 Å². The molecule has 0 fully saturated rings. The van der Waals surface area contributed by atoms with Gasteiger partial charge in [-0.3, -0.25) is 0 Å². The number of rotatable bonds is 4. The number of hydrogen-bond acceptors (Lipinski definition) is 1. The maximum absolute atomic E-state index is 14.9. The van der Waals surface area contributed by atoms with Gasteiger partial charge in [0.2, 0.25) is 0 Å². The molecule has 0 saturated carbocycles. The maximum Gasteiger partial charge on any atom is 0.458 e. The Bertz CT molecular complexity index is 1630. The largest absolute Gasteiger partial charge is 0.458 e. The van der Waals surface area contributed by atoms with Crippen molar-refractivity contribution in [2.75, 3.05) is 0 Å². The van der Waals surface area contributed by atoms with E-state index in [9.17, 15) is 35.1 Å². The molecule has 0 unspecified atom stereocenters. The zero-order chi connectivity index (χ0) is 27.9. The van der Waals surface area contributed by atoms with Crippen LogP contribution in [0.15, 0.2) is 60.7 Å². The average Bonchev–Trinajstić information content (AvgIpc) is 2.87. The second-order valence-electron chi connectivity index (χ2n) is 9.19. The van der Waals surface area contributed by atoms with Crippen LogP contribution in [0.4, 0.5) is 35.1 Å². The summed E-state index contributed by atoms with van der Waals surface area (Å²) in [6.45, 7) is 0. The van der Waals surface area contributed by atoms with E-state index in [-0.39, 0.29) is 0 Å². The summed E-state index contributed by atoms with van der Waals surface area (Å²) in [5.74, 6) is -3.36. The normalized spacial score (nSPS) is 13.5. The summed E-state index contributed by atoms with van der Waals surface area (Å²) in [5.41, 5.74) is 2.29. The van der Waals surface area contributed by atoms with Crippen LogP contribution in [0.5, 0.6) is 5.75 Å². The zero-order valence-corrected chi connectivity index (χ0v) is 20.0. The SMILES string of the molecule is Fc1cc2cc(OC(F)(F)c3ccc(-c4ccc5c(c4)CCCC5)cc3)cc(F)c2c(F)c1C#CC(F)(F)F. The standard InChI is InChI=1S/C30H18F8O/c31-25-15-21-14-23(16-26(32)27(21)28(33)24(25)11-12-29(34,35)36)39-30(37,38)22-9-7-18(8-10-22)20-6-5-17-3-1-2-4-19(17)13-20/h5-10,13-16H,1-4H2. The molecule has 0 saturated heterocycles. The molecular formula is C30H18F8O. The first-order chi connectivity index (χ1) is 18.4. The van der Waals surface area contributed by atoms with Crippen molar-refractivity contribution < 1.29 is 39.9 Å². The van der Waals surface area contributed by atoms with Crippen molar-refractivity contribution in [1.82, 2.24) is 0 Å². The first-order valence-electron chi connectivity index (χ1n) is 11.9. The van der Waals surface area contributed by atoms with Crippen LogP contribution in [0.25, 0.3) is 21.9 Å². The fourth-order valence-corrected chi connectivity index (χ4v) is 4.67. The lowest BCUT2D eigenvalue weighted by molar-refractivity contribution is -0.185. The lowest BCUT2D eigenvalue weighted by Crippen LogP contribution is -2.21. The molecule has 0 N–H and O–H groups in total. The molecule has 0 aliphatic heterocycles. The third-order valence-corrected chi connectivity index (χ3v) is 6.53. The molecule has 200 valence electrons. The van der Waals surface area contributed by atoms with Crippen molar-refractivity contribution in [2.24, 2.45) is 0 Å². The van der Waals surface area contributed by atoms with Crippen molar-refractivity contribution in [2.45, 2.75) is 38.0 Å². The smallest absolute Gasteiger partial charge is 0.429 e. The van der Waals surface area contributed by atoms with Gasteiger partial charge in [-0.2, -0.15) is 22.0 Å². The lowest BCUT2D eigenvalue weighted by Gasteiger charge is -2.20. The minimum atomic E-state index is -5.03. The Morgan fingerprint density at radius 2 is 1.36 bits per heavy atom. The molecule has 4 aromatic rings. The molecule has 0 atom stereocenters. The van der Waals surface area contributed by atoms with Gasteiger partial charge < -0.3 is 4.74 Å². The molecule has 39 heavy (non-hydrogen) atoms. The Morgan fingerprint density at radius 3 is 2.05 bits per heavy atom. The molecule has 0 radical (unpaired) electrons. The van der Waals surface area contributed by atoms with Crippen LogP contribution in [-0.2, 0) is 19.0 Å². The van der Waals surface area contributed by atoms with Gasteiger partial charge in [-0.1, -0.05) is 36.3 Å². The third kappa shape index (κ3) is 5.56. The van der Waals surface area contributed by atoms with Crippen LogP contribution in [0.2, 0.25) is 0 Å². The summed E-state index contributed by atoms with van der Waals surface area (Å²) in [6.07, 6.45) is -4.76. The Balaban J connectivity index is 1.42. The van der Waals surface area contributed by atoms with Gasteiger partial charge in [0.25, 0.3) is 0 Å². The molecule has 1 aliphatic rings. The number of halogens is 8. The molecule has 4 aromatic carbocycles. The number of hydrogen-bond donors (Lipinski definition) is 0. The molecule has 9 heteroatoms. The van der Waals surface area contributed by atoms with Gasteiger partial charge in [0.1, 0.15) is 17.4 Å². The number of fused-ring (bicyclic) bond motifs is 2. The topological polar surface area (TPSA) is 9.23 Å². The molecule has 0 aromatic heterocycles. The summed E-state index contributed by atoms with van der Waals surface area (Å²) in [6, 6.07) is 13.1. The Kier molecular flexibility index (Phi) is 6.75. The van der Waals surface area contributed by atoms with Gasteiger partial charge in [0.05, 0.1) is 16.5 Å². The minimum absolute atomic E-state index is 0.444. The van der Waals surface area contributed by atoms with Crippen molar-refractivity contribution in [3.8, 4) is 28.7 Å². The minimum Gasteiger partial charge on any atom is -0.429 e. The molecule has 0 amide bonds. The molecule has 0 bridgehead atoms. The zero-order valence-electron chi connectivity index (χ0n) is 20.0. The molecule has 5 rings (SSSR count). The molecule has 0 spiro atoms. The van der Waals surface area contributed by atoms with Gasteiger partial charge in [0, 0.05) is 12.0 Å². The summed E-state index contributed by atoms with van der Waals surface area (Å²) in [5, 5.41) is -1.44. The summed E-state index contributed by atoms with van der Waals surface area (Å²) in [4.78, 5) is 0. The van der Waals surface area contributed by atoms with Gasteiger partial charge in [-0.25, -0.2) is 13.2 Å².